The number of hydrogen-bond donors (Lipinski definition) is 0. The molecule has 0 N–H and O–H groups in total. The van der Waals surface area contributed by atoms with Crippen molar-refractivity contribution in [2.45, 2.75) is 13.3 Å². The minimum Gasteiger partial charge on any atom is -0.466 e. The van der Waals surface area contributed by atoms with E-state index in [1.165, 1.54) is 6.26 Å². The third-order valence-electron chi connectivity index (χ3n) is 2.15. The van der Waals surface area contributed by atoms with Crippen LogP contribution in [0.1, 0.15) is 12.5 Å². The van der Waals surface area contributed by atoms with E-state index in [-0.39, 0.29) is 12.4 Å². The molecule has 0 aliphatic heterocycles. The fraction of sp³-hybridized carbons (Fsp3) is 0.273. The maximum Gasteiger partial charge on any atom is 0.310 e. The van der Waals surface area contributed by atoms with Crippen molar-refractivity contribution in [3.05, 3.63) is 29.2 Å². The van der Waals surface area contributed by atoms with E-state index in [2.05, 4.69) is 4.98 Å². The second kappa shape index (κ2) is 4.53. The molecule has 0 bridgehead atoms. The second-order valence-electron chi connectivity index (χ2n) is 3.25. The normalized spacial score (nSPS) is 10.6. The number of furan rings is 1. The molecule has 0 aliphatic carbocycles. The summed E-state index contributed by atoms with van der Waals surface area (Å²) in [5.74, 6) is -0.278. The van der Waals surface area contributed by atoms with Crippen molar-refractivity contribution < 1.29 is 13.9 Å². The molecular weight excluding hydrogens is 230 g/mol. The van der Waals surface area contributed by atoms with Gasteiger partial charge in [0.15, 0.2) is 0 Å². The van der Waals surface area contributed by atoms with Gasteiger partial charge in [-0.05, 0) is 6.92 Å². The first-order valence-corrected chi connectivity index (χ1v) is 5.25. The van der Waals surface area contributed by atoms with E-state index < -0.39 is 0 Å². The fourth-order valence-corrected chi connectivity index (χ4v) is 1.60. The fourth-order valence-electron chi connectivity index (χ4n) is 1.45. The van der Waals surface area contributed by atoms with Crippen molar-refractivity contribution in [1.82, 2.24) is 4.98 Å². The van der Waals surface area contributed by atoms with Crippen LogP contribution in [0.15, 0.2) is 22.9 Å². The zero-order valence-electron chi connectivity index (χ0n) is 8.70. The van der Waals surface area contributed by atoms with Gasteiger partial charge in [-0.15, -0.1) is 0 Å². The predicted molar refractivity (Wildman–Crippen MR) is 59.4 cm³/mol. The number of rotatable bonds is 3. The summed E-state index contributed by atoms with van der Waals surface area (Å²) in [5, 5.41) is 1.15. The molecule has 0 fully saturated rings. The van der Waals surface area contributed by atoms with E-state index in [9.17, 15) is 4.79 Å². The minimum absolute atomic E-state index is 0.185. The summed E-state index contributed by atoms with van der Waals surface area (Å²) >= 11 is 5.72. The molecule has 2 rings (SSSR count). The van der Waals surface area contributed by atoms with Gasteiger partial charge in [0.25, 0.3) is 0 Å². The van der Waals surface area contributed by atoms with Gasteiger partial charge in [-0.2, -0.15) is 0 Å². The van der Waals surface area contributed by atoms with Gasteiger partial charge >= 0.3 is 5.97 Å². The van der Waals surface area contributed by atoms with Crippen LogP contribution in [0, 0.1) is 0 Å². The molecule has 0 aliphatic rings. The molecule has 0 unspecified atom stereocenters. The Morgan fingerprint density at radius 2 is 2.44 bits per heavy atom. The third kappa shape index (κ3) is 2.17. The summed E-state index contributed by atoms with van der Waals surface area (Å²) in [7, 11) is 0. The molecule has 2 aromatic heterocycles. The standard InChI is InChI=1S/C11H10ClNO3/c1-2-15-11(14)3-7-6-16-9-4-10(12)13-5-8(7)9/h4-6H,2-3H2,1H3. The highest BCUT2D eigenvalue weighted by atomic mass is 35.5. The topological polar surface area (TPSA) is 52.3 Å². The first-order chi connectivity index (χ1) is 7.70. The molecular formula is C11H10ClNO3. The number of carbonyl (C=O) groups excluding carboxylic acids is 1. The summed E-state index contributed by atoms with van der Waals surface area (Å²) in [6, 6.07) is 1.62. The molecule has 0 atom stereocenters. The summed E-state index contributed by atoms with van der Waals surface area (Å²) < 4.78 is 10.1. The zero-order valence-corrected chi connectivity index (χ0v) is 9.45. The van der Waals surface area contributed by atoms with E-state index in [1.54, 1.807) is 19.2 Å². The van der Waals surface area contributed by atoms with Gasteiger partial charge in [0.1, 0.15) is 10.7 Å². The number of hydrogen-bond acceptors (Lipinski definition) is 4. The molecule has 16 heavy (non-hydrogen) atoms. The van der Waals surface area contributed by atoms with Crippen molar-refractivity contribution in [1.29, 1.82) is 0 Å². The Hall–Kier alpha value is -1.55. The molecule has 2 heterocycles. The monoisotopic (exact) mass is 239 g/mol. The van der Waals surface area contributed by atoms with Gasteiger partial charge in [-0.25, -0.2) is 4.98 Å². The number of fused-ring (bicyclic) bond motifs is 1. The summed E-state index contributed by atoms with van der Waals surface area (Å²) in [4.78, 5) is 15.3. The second-order valence-corrected chi connectivity index (χ2v) is 3.63. The van der Waals surface area contributed by atoms with Crippen molar-refractivity contribution in [2.75, 3.05) is 6.61 Å². The lowest BCUT2D eigenvalue weighted by Gasteiger charge is -1.99. The molecule has 0 spiro atoms. The average Bonchev–Trinajstić information content (AvgIpc) is 2.61. The Balaban J connectivity index is 2.28. The van der Waals surface area contributed by atoms with Crippen LogP contribution in [0.2, 0.25) is 5.15 Å². The van der Waals surface area contributed by atoms with Gasteiger partial charge in [0.05, 0.1) is 19.3 Å². The van der Waals surface area contributed by atoms with E-state index in [1.807, 2.05) is 0 Å². The average molecular weight is 240 g/mol. The van der Waals surface area contributed by atoms with E-state index >= 15 is 0 Å². The van der Waals surface area contributed by atoms with Crippen molar-refractivity contribution in [3.8, 4) is 0 Å². The summed E-state index contributed by atoms with van der Waals surface area (Å²) in [5.41, 5.74) is 1.39. The van der Waals surface area contributed by atoms with Gasteiger partial charge in [-0.3, -0.25) is 4.79 Å². The number of nitrogens with zero attached hydrogens (tertiary/aromatic N) is 1. The van der Waals surface area contributed by atoms with Crippen LogP contribution in [-0.2, 0) is 16.0 Å². The Bertz CT molecular complexity index is 521. The van der Waals surface area contributed by atoms with Crippen LogP contribution in [0.25, 0.3) is 11.0 Å². The van der Waals surface area contributed by atoms with Crippen LogP contribution >= 0.6 is 11.6 Å². The molecule has 0 amide bonds. The Labute approximate surface area is 97.2 Å². The molecule has 5 heteroatoms. The number of carbonyl (C=O) groups is 1. The van der Waals surface area contributed by atoms with Gasteiger partial charge in [0, 0.05) is 23.2 Å². The molecule has 84 valence electrons. The SMILES string of the molecule is CCOC(=O)Cc1coc2cc(Cl)ncc12. The summed E-state index contributed by atoms with van der Waals surface area (Å²) in [6.07, 6.45) is 3.31. The quantitative estimate of drug-likeness (QED) is 0.610. The number of esters is 1. The highest BCUT2D eigenvalue weighted by Crippen LogP contribution is 2.23. The summed E-state index contributed by atoms with van der Waals surface area (Å²) in [6.45, 7) is 2.14. The first kappa shape index (κ1) is 11.0. The highest BCUT2D eigenvalue weighted by Gasteiger charge is 2.11. The van der Waals surface area contributed by atoms with Crippen LogP contribution in [-0.4, -0.2) is 17.6 Å². The van der Waals surface area contributed by atoms with E-state index in [0.29, 0.717) is 17.3 Å². The predicted octanol–water partition coefficient (Wildman–Crippen LogP) is 2.59. The molecule has 0 saturated carbocycles. The lowest BCUT2D eigenvalue weighted by Crippen LogP contribution is -2.06. The van der Waals surface area contributed by atoms with Crippen LogP contribution in [0.4, 0.5) is 0 Å². The smallest absolute Gasteiger partial charge is 0.310 e. The van der Waals surface area contributed by atoms with E-state index in [4.69, 9.17) is 20.8 Å². The molecule has 0 saturated heterocycles. The maximum absolute atomic E-state index is 11.3. The molecule has 0 aromatic carbocycles. The zero-order chi connectivity index (χ0) is 11.5. The minimum atomic E-state index is -0.278. The Kier molecular flexibility index (Phi) is 3.10. The van der Waals surface area contributed by atoms with Gasteiger partial charge < -0.3 is 9.15 Å². The highest BCUT2D eigenvalue weighted by molar-refractivity contribution is 6.29. The third-order valence-corrected chi connectivity index (χ3v) is 2.35. The molecule has 0 radical (unpaired) electrons. The van der Waals surface area contributed by atoms with Crippen molar-refractivity contribution in [2.24, 2.45) is 0 Å². The number of halogens is 1. The number of aromatic nitrogens is 1. The molecule has 4 nitrogen and oxygen atoms in total. The number of ether oxygens (including phenoxy) is 1. The van der Waals surface area contributed by atoms with E-state index in [0.717, 1.165) is 10.9 Å². The first-order valence-electron chi connectivity index (χ1n) is 4.88. The van der Waals surface area contributed by atoms with Gasteiger partial charge in [-0.1, -0.05) is 11.6 Å². The van der Waals surface area contributed by atoms with Crippen LogP contribution in [0.3, 0.4) is 0 Å². The van der Waals surface area contributed by atoms with Crippen molar-refractivity contribution >= 4 is 28.5 Å². The molecule has 2 aromatic rings. The Morgan fingerprint density at radius 3 is 3.19 bits per heavy atom. The lowest BCUT2D eigenvalue weighted by molar-refractivity contribution is -0.142. The van der Waals surface area contributed by atoms with Crippen molar-refractivity contribution in [3.63, 3.8) is 0 Å². The number of pyridine rings is 1. The van der Waals surface area contributed by atoms with Crippen LogP contribution < -0.4 is 0 Å². The largest absolute Gasteiger partial charge is 0.466 e. The van der Waals surface area contributed by atoms with Crippen LogP contribution in [0.5, 0.6) is 0 Å². The van der Waals surface area contributed by atoms with Gasteiger partial charge in [0.2, 0.25) is 0 Å². The Morgan fingerprint density at radius 1 is 1.62 bits per heavy atom. The lowest BCUT2D eigenvalue weighted by atomic mass is 10.1. The maximum atomic E-state index is 11.3.